The molecule has 2 saturated carbocycles. The van der Waals surface area contributed by atoms with Crippen LogP contribution in [-0.4, -0.2) is 25.7 Å². The highest BCUT2D eigenvalue weighted by atomic mass is 15.2. The van der Waals surface area contributed by atoms with Gasteiger partial charge in [0.15, 0.2) is 0 Å². The van der Waals surface area contributed by atoms with Crippen LogP contribution in [0.15, 0.2) is 24.3 Å². The van der Waals surface area contributed by atoms with Crippen molar-refractivity contribution in [1.29, 1.82) is 0 Å². The summed E-state index contributed by atoms with van der Waals surface area (Å²) in [6.45, 7) is 3.56. The lowest BCUT2D eigenvalue weighted by molar-refractivity contribution is 0.419. The molecule has 2 heteroatoms. The van der Waals surface area contributed by atoms with E-state index < -0.39 is 0 Å². The number of nitrogens with zero attached hydrogens (tertiary/aromatic N) is 1. The fourth-order valence-corrected chi connectivity index (χ4v) is 3.84. The first-order valence-electron chi connectivity index (χ1n) is 8.48. The molecule has 0 saturated heterocycles. The lowest BCUT2D eigenvalue weighted by Gasteiger charge is -2.32. The van der Waals surface area contributed by atoms with Gasteiger partial charge in [0, 0.05) is 31.4 Å². The molecule has 1 heterocycles. The average Bonchev–Trinajstić information content (AvgIpc) is 3.38. The van der Waals surface area contributed by atoms with Gasteiger partial charge in [-0.25, -0.2) is 0 Å². The molecule has 108 valence electrons. The van der Waals surface area contributed by atoms with Crippen molar-refractivity contribution in [2.24, 2.45) is 11.8 Å². The molecule has 0 spiro atoms. The van der Waals surface area contributed by atoms with E-state index in [1.54, 1.807) is 5.56 Å². The van der Waals surface area contributed by atoms with Gasteiger partial charge in [-0.2, -0.15) is 0 Å². The quantitative estimate of drug-likeness (QED) is 0.854. The first-order valence-corrected chi connectivity index (χ1v) is 8.48. The Morgan fingerprint density at radius 1 is 1.10 bits per heavy atom. The molecular weight excluding hydrogens is 244 g/mol. The van der Waals surface area contributed by atoms with E-state index in [2.05, 4.69) is 34.5 Å². The van der Waals surface area contributed by atoms with E-state index in [0.717, 1.165) is 24.4 Å². The SMILES string of the molecule is c1ccc2c(c1)CCCN2CCNC(C1CC1)C1CC1. The number of para-hydroxylation sites is 1. The molecule has 0 atom stereocenters. The first kappa shape index (κ1) is 12.7. The summed E-state index contributed by atoms with van der Waals surface area (Å²) in [4.78, 5) is 2.59. The number of anilines is 1. The third-order valence-electron chi connectivity index (χ3n) is 5.23. The van der Waals surface area contributed by atoms with Gasteiger partial charge in [0.05, 0.1) is 0 Å². The van der Waals surface area contributed by atoms with Crippen LogP contribution in [0.1, 0.15) is 37.7 Å². The zero-order valence-electron chi connectivity index (χ0n) is 12.4. The van der Waals surface area contributed by atoms with E-state index in [1.807, 2.05) is 0 Å². The predicted molar refractivity (Wildman–Crippen MR) is 84.2 cm³/mol. The molecule has 1 aliphatic heterocycles. The van der Waals surface area contributed by atoms with Crippen LogP contribution < -0.4 is 10.2 Å². The van der Waals surface area contributed by atoms with Gasteiger partial charge in [-0.1, -0.05) is 18.2 Å². The number of benzene rings is 1. The zero-order chi connectivity index (χ0) is 13.4. The Kier molecular flexibility index (Phi) is 3.43. The van der Waals surface area contributed by atoms with Crippen molar-refractivity contribution in [2.45, 2.75) is 44.6 Å². The highest BCUT2D eigenvalue weighted by Crippen LogP contribution is 2.44. The van der Waals surface area contributed by atoms with Crippen LogP contribution in [0.3, 0.4) is 0 Å². The number of hydrogen-bond donors (Lipinski definition) is 1. The summed E-state index contributed by atoms with van der Waals surface area (Å²) >= 11 is 0. The number of aryl methyl sites for hydroxylation is 1. The fourth-order valence-electron chi connectivity index (χ4n) is 3.84. The van der Waals surface area contributed by atoms with Crippen LogP contribution in [0, 0.1) is 11.8 Å². The summed E-state index contributed by atoms with van der Waals surface area (Å²) < 4.78 is 0. The number of rotatable bonds is 6. The minimum absolute atomic E-state index is 0.843. The molecule has 20 heavy (non-hydrogen) atoms. The Morgan fingerprint density at radius 2 is 1.85 bits per heavy atom. The Bertz CT molecular complexity index is 450. The van der Waals surface area contributed by atoms with Crippen molar-refractivity contribution < 1.29 is 0 Å². The van der Waals surface area contributed by atoms with Gasteiger partial charge >= 0.3 is 0 Å². The topological polar surface area (TPSA) is 15.3 Å². The maximum absolute atomic E-state index is 3.88. The highest BCUT2D eigenvalue weighted by molar-refractivity contribution is 5.55. The molecule has 0 amide bonds. The van der Waals surface area contributed by atoms with Gasteiger partial charge in [-0.3, -0.25) is 0 Å². The summed E-state index contributed by atoms with van der Waals surface area (Å²) in [5, 5.41) is 3.88. The van der Waals surface area contributed by atoms with Crippen molar-refractivity contribution >= 4 is 5.69 Å². The van der Waals surface area contributed by atoms with Crippen molar-refractivity contribution in [3.05, 3.63) is 29.8 Å². The van der Waals surface area contributed by atoms with Gasteiger partial charge in [-0.15, -0.1) is 0 Å². The minimum Gasteiger partial charge on any atom is -0.370 e. The van der Waals surface area contributed by atoms with Crippen LogP contribution >= 0.6 is 0 Å². The second kappa shape index (κ2) is 5.40. The first-order chi connectivity index (χ1) is 9.92. The molecule has 3 aliphatic rings. The monoisotopic (exact) mass is 270 g/mol. The lowest BCUT2D eigenvalue weighted by Crippen LogP contribution is -2.41. The average molecular weight is 270 g/mol. The van der Waals surface area contributed by atoms with Crippen LogP contribution in [0.4, 0.5) is 5.69 Å². The molecule has 1 aromatic carbocycles. The van der Waals surface area contributed by atoms with Crippen LogP contribution in [0.2, 0.25) is 0 Å². The smallest absolute Gasteiger partial charge is 0.0399 e. The van der Waals surface area contributed by atoms with Gasteiger partial charge in [-0.05, 0) is 62.0 Å². The van der Waals surface area contributed by atoms with E-state index in [0.29, 0.717) is 0 Å². The Morgan fingerprint density at radius 3 is 2.60 bits per heavy atom. The maximum atomic E-state index is 3.88. The molecule has 2 nitrogen and oxygen atoms in total. The van der Waals surface area contributed by atoms with E-state index in [-0.39, 0.29) is 0 Å². The van der Waals surface area contributed by atoms with Crippen LogP contribution in [0.5, 0.6) is 0 Å². The normalized spacial score (nSPS) is 22.1. The summed E-state index contributed by atoms with van der Waals surface area (Å²) in [5.41, 5.74) is 3.02. The standard InChI is InChI=1S/C18H26N2/c1-2-6-17-14(4-1)5-3-12-20(17)13-11-19-18(15-7-8-15)16-9-10-16/h1-2,4,6,15-16,18-19H,3,5,7-13H2. The predicted octanol–water partition coefficient (Wildman–Crippen LogP) is 3.22. The fraction of sp³-hybridized carbons (Fsp3) is 0.667. The maximum Gasteiger partial charge on any atom is 0.0399 e. The molecule has 0 aromatic heterocycles. The van der Waals surface area contributed by atoms with E-state index >= 15 is 0 Å². The van der Waals surface area contributed by atoms with Crippen molar-refractivity contribution in [3.63, 3.8) is 0 Å². The Labute approximate surface area is 122 Å². The second-order valence-corrected chi connectivity index (χ2v) is 6.87. The summed E-state index contributed by atoms with van der Waals surface area (Å²) in [7, 11) is 0. The minimum atomic E-state index is 0.843. The molecule has 0 bridgehead atoms. The molecule has 1 N–H and O–H groups in total. The molecule has 1 aromatic rings. The van der Waals surface area contributed by atoms with E-state index in [9.17, 15) is 0 Å². The van der Waals surface area contributed by atoms with Crippen LogP contribution in [-0.2, 0) is 6.42 Å². The lowest BCUT2D eigenvalue weighted by atomic mass is 10.0. The molecule has 2 fully saturated rings. The third kappa shape index (κ3) is 2.71. The van der Waals surface area contributed by atoms with Crippen LogP contribution in [0.25, 0.3) is 0 Å². The molecule has 4 rings (SSSR count). The number of hydrogen-bond acceptors (Lipinski definition) is 2. The zero-order valence-corrected chi connectivity index (χ0v) is 12.4. The number of nitrogens with one attached hydrogen (secondary N) is 1. The van der Waals surface area contributed by atoms with Crippen molar-refractivity contribution in [3.8, 4) is 0 Å². The van der Waals surface area contributed by atoms with Crippen molar-refractivity contribution in [2.75, 3.05) is 24.5 Å². The second-order valence-electron chi connectivity index (χ2n) is 6.87. The Balaban J connectivity index is 1.33. The molecule has 0 unspecified atom stereocenters. The number of fused-ring (bicyclic) bond motifs is 1. The summed E-state index contributed by atoms with van der Waals surface area (Å²) in [6.07, 6.45) is 8.46. The van der Waals surface area contributed by atoms with Gasteiger partial charge in [0.2, 0.25) is 0 Å². The third-order valence-corrected chi connectivity index (χ3v) is 5.23. The Hall–Kier alpha value is -1.02. The van der Waals surface area contributed by atoms with Gasteiger partial charge < -0.3 is 10.2 Å². The highest BCUT2D eigenvalue weighted by Gasteiger charge is 2.40. The van der Waals surface area contributed by atoms with Crippen molar-refractivity contribution in [1.82, 2.24) is 5.32 Å². The molecule has 0 radical (unpaired) electrons. The van der Waals surface area contributed by atoms with E-state index in [1.165, 1.54) is 57.3 Å². The largest absolute Gasteiger partial charge is 0.370 e. The van der Waals surface area contributed by atoms with Gasteiger partial charge in [0.25, 0.3) is 0 Å². The van der Waals surface area contributed by atoms with E-state index in [4.69, 9.17) is 0 Å². The summed E-state index contributed by atoms with van der Waals surface area (Å²) in [6, 6.07) is 9.80. The van der Waals surface area contributed by atoms with Gasteiger partial charge in [0.1, 0.15) is 0 Å². The summed E-state index contributed by atoms with van der Waals surface area (Å²) in [5.74, 6) is 2.02. The molecule has 2 aliphatic carbocycles. The molecular formula is C18H26N2.